The molecule has 0 atom stereocenters. The first-order valence-corrected chi connectivity index (χ1v) is 5.83. The van der Waals surface area contributed by atoms with Gasteiger partial charge in [0.25, 0.3) is 0 Å². The summed E-state index contributed by atoms with van der Waals surface area (Å²) in [5, 5.41) is 1.10. The molecular formula is C15H10N2O. The summed E-state index contributed by atoms with van der Waals surface area (Å²) in [6.07, 6.45) is 3.96. The molecule has 4 rings (SSSR count). The first kappa shape index (κ1) is 9.48. The van der Waals surface area contributed by atoms with E-state index >= 15 is 0 Å². The third kappa shape index (κ3) is 1.34. The Hall–Kier alpha value is -2.55. The quantitative estimate of drug-likeness (QED) is 0.502. The molecule has 86 valence electrons. The van der Waals surface area contributed by atoms with Crippen LogP contribution in [0.25, 0.3) is 28.1 Å². The third-order valence-corrected chi connectivity index (χ3v) is 3.04. The summed E-state index contributed by atoms with van der Waals surface area (Å²) in [7, 11) is 0. The van der Waals surface area contributed by atoms with E-state index in [2.05, 4.69) is 4.98 Å². The molecular weight excluding hydrogens is 224 g/mol. The van der Waals surface area contributed by atoms with Gasteiger partial charge in [0.05, 0.1) is 0 Å². The predicted molar refractivity (Wildman–Crippen MR) is 70.4 cm³/mol. The average molecular weight is 234 g/mol. The summed E-state index contributed by atoms with van der Waals surface area (Å²) in [5.41, 5.74) is 2.68. The summed E-state index contributed by atoms with van der Waals surface area (Å²) in [4.78, 5) is 4.55. The number of hydrogen-bond acceptors (Lipinski definition) is 2. The van der Waals surface area contributed by atoms with E-state index in [4.69, 9.17) is 4.42 Å². The molecule has 3 heteroatoms. The van der Waals surface area contributed by atoms with Gasteiger partial charge in [-0.15, -0.1) is 0 Å². The molecule has 0 fully saturated rings. The zero-order valence-corrected chi connectivity index (χ0v) is 9.58. The van der Waals surface area contributed by atoms with Gasteiger partial charge in [-0.25, -0.2) is 4.98 Å². The van der Waals surface area contributed by atoms with Crippen molar-refractivity contribution in [2.75, 3.05) is 0 Å². The van der Waals surface area contributed by atoms with Gasteiger partial charge in [-0.05, 0) is 24.3 Å². The summed E-state index contributed by atoms with van der Waals surface area (Å²) < 4.78 is 7.80. The number of rotatable bonds is 1. The van der Waals surface area contributed by atoms with Crippen LogP contribution in [0.3, 0.4) is 0 Å². The van der Waals surface area contributed by atoms with Gasteiger partial charge >= 0.3 is 0 Å². The minimum atomic E-state index is 0.805. The Morgan fingerprint density at radius 3 is 2.78 bits per heavy atom. The standard InChI is InChI=1S/C15H10N2O/c1-2-6-13-11(5-1)9-14(18-13)12-10-17-8-4-3-7-15(17)16-12/h1-10H. The van der Waals surface area contributed by atoms with Gasteiger partial charge in [-0.1, -0.05) is 24.3 Å². The number of aromatic nitrogens is 2. The Bertz CT molecular complexity index is 704. The van der Waals surface area contributed by atoms with Gasteiger partial charge in [-0.2, -0.15) is 0 Å². The number of nitrogens with zero attached hydrogens (tertiary/aromatic N) is 2. The number of benzene rings is 1. The molecule has 0 saturated heterocycles. The van der Waals surface area contributed by atoms with Crippen molar-refractivity contribution >= 4 is 16.6 Å². The Balaban J connectivity index is 1.95. The maximum Gasteiger partial charge on any atom is 0.155 e. The monoisotopic (exact) mass is 234 g/mol. The highest BCUT2D eigenvalue weighted by Crippen LogP contribution is 2.27. The fourth-order valence-electron chi connectivity index (χ4n) is 2.16. The minimum Gasteiger partial charge on any atom is -0.454 e. The molecule has 0 saturated carbocycles. The zero-order chi connectivity index (χ0) is 11.9. The van der Waals surface area contributed by atoms with Crippen LogP contribution in [0.4, 0.5) is 0 Å². The predicted octanol–water partition coefficient (Wildman–Crippen LogP) is 3.75. The van der Waals surface area contributed by atoms with Crippen LogP contribution in [0.2, 0.25) is 0 Å². The van der Waals surface area contributed by atoms with Crippen LogP contribution in [-0.2, 0) is 0 Å². The van der Waals surface area contributed by atoms with Crippen LogP contribution in [0.15, 0.2) is 65.3 Å². The molecule has 0 aliphatic heterocycles. The van der Waals surface area contributed by atoms with Crippen molar-refractivity contribution in [1.82, 2.24) is 9.38 Å². The number of fused-ring (bicyclic) bond motifs is 2. The largest absolute Gasteiger partial charge is 0.454 e. The molecule has 0 spiro atoms. The highest BCUT2D eigenvalue weighted by molar-refractivity contribution is 5.82. The molecule has 18 heavy (non-hydrogen) atoms. The Labute approximate surface area is 103 Å². The third-order valence-electron chi connectivity index (χ3n) is 3.04. The van der Waals surface area contributed by atoms with Gasteiger partial charge in [0.15, 0.2) is 5.76 Å². The lowest BCUT2D eigenvalue weighted by Crippen LogP contribution is -1.77. The summed E-state index contributed by atoms with van der Waals surface area (Å²) in [5.74, 6) is 0.805. The molecule has 1 aromatic carbocycles. The van der Waals surface area contributed by atoms with E-state index in [-0.39, 0.29) is 0 Å². The lowest BCUT2D eigenvalue weighted by atomic mass is 10.2. The Kier molecular flexibility index (Phi) is 1.83. The summed E-state index contributed by atoms with van der Waals surface area (Å²) >= 11 is 0. The number of para-hydroxylation sites is 1. The zero-order valence-electron chi connectivity index (χ0n) is 9.58. The fraction of sp³-hybridized carbons (Fsp3) is 0. The van der Waals surface area contributed by atoms with Crippen molar-refractivity contribution < 1.29 is 4.42 Å². The first-order chi connectivity index (χ1) is 8.90. The highest BCUT2D eigenvalue weighted by Gasteiger charge is 2.09. The molecule has 3 nitrogen and oxygen atoms in total. The molecule has 0 radical (unpaired) electrons. The van der Waals surface area contributed by atoms with E-state index in [9.17, 15) is 0 Å². The number of pyridine rings is 1. The Morgan fingerprint density at radius 1 is 1.00 bits per heavy atom. The van der Waals surface area contributed by atoms with Crippen LogP contribution in [0.1, 0.15) is 0 Å². The normalized spacial score (nSPS) is 11.3. The van der Waals surface area contributed by atoms with Crippen molar-refractivity contribution in [2.45, 2.75) is 0 Å². The van der Waals surface area contributed by atoms with Gasteiger partial charge in [0, 0.05) is 17.8 Å². The smallest absolute Gasteiger partial charge is 0.155 e. The number of imidazole rings is 1. The van der Waals surface area contributed by atoms with Gasteiger partial charge in [0.1, 0.15) is 16.9 Å². The second-order valence-corrected chi connectivity index (χ2v) is 4.24. The maximum absolute atomic E-state index is 5.81. The van der Waals surface area contributed by atoms with Crippen molar-refractivity contribution in [3.63, 3.8) is 0 Å². The summed E-state index contributed by atoms with van der Waals surface area (Å²) in [6, 6.07) is 15.9. The van der Waals surface area contributed by atoms with Crippen LogP contribution >= 0.6 is 0 Å². The second-order valence-electron chi connectivity index (χ2n) is 4.24. The topological polar surface area (TPSA) is 30.4 Å². The van der Waals surface area contributed by atoms with E-state index in [1.165, 1.54) is 0 Å². The van der Waals surface area contributed by atoms with Gasteiger partial charge in [-0.3, -0.25) is 0 Å². The second kappa shape index (κ2) is 3.47. The van der Waals surface area contributed by atoms with Crippen molar-refractivity contribution in [3.05, 3.63) is 60.9 Å². The SMILES string of the molecule is c1ccc2oc(-c3cn4ccccc4n3)cc2c1. The van der Waals surface area contributed by atoms with Gasteiger partial charge in [0.2, 0.25) is 0 Å². The van der Waals surface area contributed by atoms with Gasteiger partial charge < -0.3 is 8.82 Å². The van der Waals surface area contributed by atoms with Crippen LogP contribution in [-0.4, -0.2) is 9.38 Å². The molecule has 0 aliphatic carbocycles. The molecule has 0 bridgehead atoms. The maximum atomic E-state index is 5.81. The average Bonchev–Trinajstić information content (AvgIpc) is 3.02. The number of furan rings is 1. The summed E-state index contributed by atoms with van der Waals surface area (Å²) in [6.45, 7) is 0. The van der Waals surface area contributed by atoms with Crippen LogP contribution < -0.4 is 0 Å². The molecule has 3 heterocycles. The van der Waals surface area contributed by atoms with E-state index in [1.807, 2.05) is 65.3 Å². The van der Waals surface area contributed by atoms with E-state index in [1.54, 1.807) is 0 Å². The van der Waals surface area contributed by atoms with Crippen LogP contribution in [0.5, 0.6) is 0 Å². The minimum absolute atomic E-state index is 0.805. The lowest BCUT2D eigenvalue weighted by molar-refractivity contribution is 0.629. The Morgan fingerprint density at radius 2 is 1.89 bits per heavy atom. The van der Waals surface area contributed by atoms with E-state index in [0.29, 0.717) is 0 Å². The fourth-order valence-corrected chi connectivity index (χ4v) is 2.16. The molecule has 0 aliphatic rings. The number of hydrogen-bond donors (Lipinski definition) is 0. The van der Waals surface area contributed by atoms with E-state index in [0.717, 1.165) is 28.1 Å². The molecule has 0 unspecified atom stereocenters. The van der Waals surface area contributed by atoms with Crippen LogP contribution in [0, 0.1) is 0 Å². The molecule has 0 N–H and O–H groups in total. The lowest BCUT2D eigenvalue weighted by Gasteiger charge is -1.86. The molecule has 4 aromatic rings. The highest BCUT2D eigenvalue weighted by atomic mass is 16.3. The molecule has 3 aromatic heterocycles. The molecule has 0 amide bonds. The van der Waals surface area contributed by atoms with Crippen molar-refractivity contribution in [1.29, 1.82) is 0 Å². The van der Waals surface area contributed by atoms with E-state index < -0.39 is 0 Å². The first-order valence-electron chi connectivity index (χ1n) is 5.83. The van der Waals surface area contributed by atoms with Crippen molar-refractivity contribution in [3.8, 4) is 11.5 Å². The van der Waals surface area contributed by atoms with Crippen molar-refractivity contribution in [2.24, 2.45) is 0 Å².